The normalized spacial score (nSPS) is 10.9. The average Bonchev–Trinajstić information content (AvgIpc) is 2.88. The first-order chi connectivity index (χ1) is 8.24. The maximum absolute atomic E-state index is 5.29. The van der Waals surface area contributed by atoms with Gasteiger partial charge < -0.3 is 8.83 Å². The van der Waals surface area contributed by atoms with Crippen molar-refractivity contribution in [3.63, 3.8) is 0 Å². The second kappa shape index (κ2) is 5.56. The van der Waals surface area contributed by atoms with Crippen LogP contribution in [0, 0.1) is 13.8 Å². The van der Waals surface area contributed by atoms with Crippen LogP contribution in [0.25, 0.3) is 0 Å². The SMILES string of the molecule is Cc1nnc(CCCCCc2nnc(C)o2)o1. The van der Waals surface area contributed by atoms with E-state index in [0.717, 1.165) is 43.9 Å². The maximum atomic E-state index is 5.29. The van der Waals surface area contributed by atoms with Gasteiger partial charge in [-0.15, -0.1) is 20.4 Å². The summed E-state index contributed by atoms with van der Waals surface area (Å²) < 4.78 is 10.6. The molecule has 0 radical (unpaired) electrons. The fraction of sp³-hybridized carbons (Fsp3) is 0.636. The smallest absolute Gasteiger partial charge is 0.216 e. The highest BCUT2D eigenvalue weighted by Gasteiger charge is 2.03. The van der Waals surface area contributed by atoms with Gasteiger partial charge in [0.05, 0.1) is 0 Å². The molecule has 0 saturated heterocycles. The van der Waals surface area contributed by atoms with E-state index >= 15 is 0 Å². The molecule has 2 rings (SSSR count). The Morgan fingerprint density at radius 1 is 0.706 bits per heavy atom. The van der Waals surface area contributed by atoms with E-state index in [4.69, 9.17) is 8.83 Å². The Kier molecular flexibility index (Phi) is 3.85. The highest BCUT2D eigenvalue weighted by atomic mass is 16.4. The summed E-state index contributed by atoms with van der Waals surface area (Å²) in [4.78, 5) is 0. The lowest BCUT2D eigenvalue weighted by Crippen LogP contribution is -1.89. The minimum atomic E-state index is 0.626. The Balaban J connectivity index is 1.60. The van der Waals surface area contributed by atoms with Gasteiger partial charge in [-0.2, -0.15) is 0 Å². The van der Waals surface area contributed by atoms with Crippen LogP contribution in [0.5, 0.6) is 0 Å². The van der Waals surface area contributed by atoms with Gasteiger partial charge in [-0.25, -0.2) is 0 Å². The zero-order chi connectivity index (χ0) is 12.1. The summed E-state index contributed by atoms with van der Waals surface area (Å²) >= 11 is 0. The van der Waals surface area contributed by atoms with Crippen LogP contribution < -0.4 is 0 Å². The molecular formula is C11H16N4O2. The van der Waals surface area contributed by atoms with Crippen molar-refractivity contribution in [2.75, 3.05) is 0 Å². The van der Waals surface area contributed by atoms with Crippen molar-refractivity contribution >= 4 is 0 Å². The van der Waals surface area contributed by atoms with Crippen molar-refractivity contribution in [2.45, 2.75) is 46.0 Å². The molecule has 0 fully saturated rings. The van der Waals surface area contributed by atoms with Crippen LogP contribution in [0.3, 0.4) is 0 Å². The Morgan fingerprint density at radius 2 is 1.18 bits per heavy atom. The van der Waals surface area contributed by atoms with Gasteiger partial charge in [0.1, 0.15) is 0 Å². The van der Waals surface area contributed by atoms with Gasteiger partial charge in [0.15, 0.2) is 0 Å². The van der Waals surface area contributed by atoms with Crippen LogP contribution in [-0.2, 0) is 12.8 Å². The highest BCUT2D eigenvalue weighted by Crippen LogP contribution is 2.08. The summed E-state index contributed by atoms with van der Waals surface area (Å²) in [5.74, 6) is 2.69. The van der Waals surface area contributed by atoms with E-state index in [-0.39, 0.29) is 0 Å². The van der Waals surface area contributed by atoms with Gasteiger partial charge in [-0.05, 0) is 12.8 Å². The molecule has 0 atom stereocenters. The molecule has 0 aliphatic carbocycles. The summed E-state index contributed by atoms with van der Waals surface area (Å²) in [5, 5.41) is 15.5. The predicted octanol–water partition coefficient (Wildman–Crippen LogP) is 2.02. The van der Waals surface area contributed by atoms with Gasteiger partial charge in [0.25, 0.3) is 0 Å². The van der Waals surface area contributed by atoms with Crippen molar-refractivity contribution in [1.82, 2.24) is 20.4 Å². The fourth-order valence-corrected chi connectivity index (χ4v) is 1.61. The van der Waals surface area contributed by atoms with E-state index in [9.17, 15) is 0 Å². The summed E-state index contributed by atoms with van der Waals surface area (Å²) in [5.41, 5.74) is 0. The number of unbranched alkanes of at least 4 members (excludes halogenated alkanes) is 2. The lowest BCUT2D eigenvalue weighted by Gasteiger charge is -1.96. The van der Waals surface area contributed by atoms with Gasteiger partial charge in [-0.3, -0.25) is 0 Å². The van der Waals surface area contributed by atoms with Crippen LogP contribution in [0.15, 0.2) is 8.83 Å². The molecule has 6 heteroatoms. The zero-order valence-electron chi connectivity index (χ0n) is 10.1. The molecule has 0 saturated carbocycles. The Bertz CT molecular complexity index is 421. The molecule has 2 aromatic heterocycles. The molecule has 2 aromatic rings. The average molecular weight is 236 g/mol. The predicted molar refractivity (Wildman–Crippen MR) is 59.3 cm³/mol. The molecule has 0 spiro atoms. The standard InChI is InChI=1S/C11H16N4O2/c1-8-12-14-10(16-8)6-4-3-5-7-11-15-13-9(2)17-11/h3-7H2,1-2H3. The number of rotatable bonds is 6. The van der Waals surface area contributed by atoms with E-state index in [1.807, 2.05) is 0 Å². The van der Waals surface area contributed by atoms with Crippen LogP contribution in [0.4, 0.5) is 0 Å². The van der Waals surface area contributed by atoms with E-state index in [1.165, 1.54) is 0 Å². The van der Waals surface area contributed by atoms with Gasteiger partial charge in [0.2, 0.25) is 23.6 Å². The fourth-order valence-electron chi connectivity index (χ4n) is 1.61. The first kappa shape index (κ1) is 11.8. The number of hydrogen-bond donors (Lipinski definition) is 0. The molecule has 92 valence electrons. The molecule has 0 aliphatic rings. The van der Waals surface area contributed by atoms with E-state index in [2.05, 4.69) is 20.4 Å². The monoisotopic (exact) mass is 236 g/mol. The van der Waals surface area contributed by atoms with Crippen molar-refractivity contribution in [3.05, 3.63) is 23.6 Å². The third-order valence-electron chi connectivity index (χ3n) is 2.42. The van der Waals surface area contributed by atoms with Crippen molar-refractivity contribution < 1.29 is 8.83 Å². The quantitative estimate of drug-likeness (QED) is 0.714. The van der Waals surface area contributed by atoms with Crippen LogP contribution in [0.2, 0.25) is 0 Å². The second-order valence-electron chi connectivity index (χ2n) is 3.99. The lowest BCUT2D eigenvalue weighted by atomic mass is 10.1. The number of nitrogens with zero attached hydrogens (tertiary/aromatic N) is 4. The number of hydrogen-bond acceptors (Lipinski definition) is 6. The molecule has 17 heavy (non-hydrogen) atoms. The summed E-state index contributed by atoms with van der Waals surface area (Å²) in [6.45, 7) is 3.60. The van der Waals surface area contributed by atoms with Gasteiger partial charge in [0, 0.05) is 26.7 Å². The second-order valence-corrected chi connectivity index (χ2v) is 3.99. The Hall–Kier alpha value is -1.72. The lowest BCUT2D eigenvalue weighted by molar-refractivity contribution is 0.444. The highest BCUT2D eigenvalue weighted by molar-refractivity contribution is 4.80. The minimum absolute atomic E-state index is 0.626. The van der Waals surface area contributed by atoms with Gasteiger partial charge in [-0.1, -0.05) is 6.42 Å². The molecule has 0 aromatic carbocycles. The summed E-state index contributed by atoms with van der Waals surface area (Å²) in [7, 11) is 0. The third-order valence-corrected chi connectivity index (χ3v) is 2.42. The Morgan fingerprint density at radius 3 is 1.53 bits per heavy atom. The first-order valence-electron chi connectivity index (χ1n) is 5.82. The van der Waals surface area contributed by atoms with Crippen LogP contribution >= 0.6 is 0 Å². The van der Waals surface area contributed by atoms with Crippen LogP contribution in [-0.4, -0.2) is 20.4 Å². The van der Waals surface area contributed by atoms with Crippen molar-refractivity contribution in [3.8, 4) is 0 Å². The zero-order valence-corrected chi connectivity index (χ0v) is 10.1. The third kappa shape index (κ3) is 3.65. The molecule has 0 amide bonds. The summed E-state index contributed by atoms with van der Waals surface area (Å²) in [6.07, 6.45) is 4.83. The largest absolute Gasteiger partial charge is 0.426 e. The topological polar surface area (TPSA) is 77.8 Å². The molecule has 0 N–H and O–H groups in total. The van der Waals surface area contributed by atoms with E-state index < -0.39 is 0 Å². The molecular weight excluding hydrogens is 220 g/mol. The maximum Gasteiger partial charge on any atom is 0.216 e. The van der Waals surface area contributed by atoms with E-state index in [1.54, 1.807) is 13.8 Å². The number of aromatic nitrogens is 4. The molecule has 0 unspecified atom stereocenters. The van der Waals surface area contributed by atoms with Crippen molar-refractivity contribution in [1.29, 1.82) is 0 Å². The molecule has 0 aliphatic heterocycles. The van der Waals surface area contributed by atoms with Crippen LogP contribution in [0.1, 0.15) is 42.8 Å². The summed E-state index contributed by atoms with van der Waals surface area (Å²) in [6, 6.07) is 0. The molecule has 6 nitrogen and oxygen atoms in total. The van der Waals surface area contributed by atoms with E-state index in [0.29, 0.717) is 11.8 Å². The molecule has 0 bridgehead atoms. The number of aryl methyl sites for hydroxylation is 4. The van der Waals surface area contributed by atoms with Gasteiger partial charge >= 0.3 is 0 Å². The molecule has 2 heterocycles. The first-order valence-corrected chi connectivity index (χ1v) is 5.82. The Labute approximate surface area is 99.4 Å². The van der Waals surface area contributed by atoms with Crippen molar-refractivity contribution in [2.24, 2.45) is 0 Å². The minimum Gasteiger partial charge on any atom is -0.426 e.